The number of ether oxygens (including phenoxy) is 1. The van der Waals surface area contributed by atoms with Gasteiger partial charge in [-0.1, -0.05) is 147 Å². The predicted molar refractivity (Wildman–Crippen MR) is 143 cm³/mol. The van der Waals surface area contributed by atoms with Crippen molar-refractivity contribution < 1.29 is 9.53 Å². The molecular formula is C29H50O2S. The van der Waals surface area contributed by atoms with Gasteiger partial charge in [0.15, 0.2) is 0 Å². The van der Waals surface area contributed by atoms with E-state index in [9.17, 15) is 4.79 Å². The molecule has 1 aromatic carbocycles. The summed E-state index contributed by atoms with van der Waals surface area (Å²) in [6, 6.07) is 10.1. The summed E-state index contributed by atoms with van der Waals surface area (Å²) >= 11 is 4.58. The summed E-state index contributed by atoms with van der Waals surface area (Å²) in [4.78, 5) is 12.4. The Balaban J connectivity index is 1.93. The summed E-state index contributed by atoms with van der Waals surface area (Å²) in [6.45, 7) is 6.90. The number of hydrogen-bond donors (Lipinski definition) is 1. The highest BCUT2D eigenvalue weighted by molar-refractivity contribution is 7.81. The molecule has 1 unspecified atom stereocenters. The van der Waals surface area contributed by atoms with Gasteiger partial charge in [-0.15, -0.1) is 0 Å². The number of thiol groups is 1. The highest BCUT2D eigenvalue weighted by Crippen LogP contribution is 2.31. The molecule has 1 atom stereocenters. The number of unbranched alkanes of at least 4 members (excludes halogenated alkanes) is 15. The lowest BCUT2D eigenvalue weighted by molar-refractivity contribution is -0.144. The lowest BCUT2D eigenvalue weighted by Gasteiger charge is -2.30. The molecule has 0 aliphatic heterocycles. The predicted octanol–water partition coefficient (Wildman–Crippen LogP) is 9.07. The van der Waals surface area contributed by atoms with Crippen molar-refractivity contribution in [2.24, 2.45) is 0 Å². The van der Waals surface area contributed by atoms with Gasteiger partial charge < -0.3 is 4.74 Å². The van der Waals surface area contributed by atoms with Gasteiger partial charge in [-0.3, -0.25) is 4.79 Å². The molecule has 0 saturated heterocycles. The molecule has 0 aliphatic carbocycles. The van der Waals surface area contributed by atoms with Crippen LogP contribution in [0.1, 0.15) is 129 Å². The molecule has 1 rings (SSSR count). The molecule has 2 nitrogen and oxygen atoms in total. The first kappa shape index (κ1) is 29.1. The van der Waals surface area contributed by atoms with E-state index in [1.54, 1.807) is 0 Å². The maximum atomic E-state index is 12.4. The molecule has 0 aromatic heterocycles. The van der Waals surface area contributed by atoms with Crippen LogP contribution < -0.4 is 0 Å². The van der Waals surface area contributed by atoms with Crippen LogP contribution in [0.3, 0.4) is 0 Å². The van der Waals surface area contributed by atoms with Gasteiger partial charge in [0.2, 0.25) is 0 Å². The molecular weight excluding hydrogens is 412 g/mol. The molecule has 0 spiro atoms. The number of carbonyl (C=O) groups is 1. The van der Waals surface area contributed by atoms with Crippen LogP contribution in [0.15, 0.2) is 30.3 Å². The van der Waals surface area contributed by atoms with Crippen LogP contribution in [0.2, 0.25) is 0 Å². The third-order valence-corrected chi connectivity index (χ3v) is 7.52. The van der Waals surface area contributed by atoms with E-state index in [1.165, 1.54) is 89.9 Å². The van der Waals surface area contributed by atoms with Gasteiger partial charge in [0, 0.05) is 5.41 Å². The van der Waals surface area contributed by atoms with E-state index in [-0.39, 0.29) is 11.4 Å². The molecule has 1 aromatic rings. The second-order valence-electron chi connectivity index (χ2n) is 9.96. The van der Waals surface area contributed by atoms with Crippen molar-refractivity contribution >= 4 is 18.6 Å². The van der Waals surface area contributed by atoms with Crippen LogP contribution in [-0.2, 0) is 14.9 Å². The Bertz CT molecular complexity index is 570. The van der Waals surface area contributed by atoms with E-state index < -0.39 is 5.25 Å². The molecule has 32 heavy (non-hydrogen) atoms. The fourth-order valence-corrected chi connectivity index (χ4v) is 4.45. The zero-order chi connectivity index (χ0) is 23.5. The average Bonchev–Trinajstić information content (AvgIpc) is 2.81. The van der Waals surface area contributed by atoms with Gasteiger partial charge >= 0.3 is 5.97 Å². The van der Waals surface area contributed by atoms with Crippen LogP contribution in [0.25, 0.3) is 0 Å². The third kappa shape index (κ3) is 12.9. The molecule has 0 amide bonds. The van der Waals surface area contributed by atoms with Crippen molar-refractivity contribution in [1.82, 2.24) is 0 Å². The second kappa shape index (κ2) is 18.5. The highest BCUT2D eigenvalue weighted by atomic mass is 32.1. The summed E-state index contributed by atoms with van der Waals surface area (Å²) < 4.78 is 5.52. The van der Waals surface area contributed by atoms with Crippen LogP contribution >= 0.6 is 12.6 Å². The third-order valence-electron chi connectivity index (χ3n) is 6.67. The van der Waals surface area contributed by atoms with Crippen molar-refractivity contribution in [3.63, 3.8) is 0 Å². The Hall–Kier alpha value is -0.960. The first-order valence-corrected chi connectivity index (χ1v) is 13.9. The van der Waals surface area contributed by atoms with Gasteiger partial charge in [-0.25, -0.2) is 0 Å². The highest BCUT2D eigenvalue weighted by Gasteiger charge is 2.34. The monoisotopic (exact) mass is 462 g/mol. The molecule has 0 N–H and O–H groups in total. The largest absolute Gasteiger partial charge is 0.465 e. The molecule has 0 saturated carbocycles. The number of benzene rings is 1. The Morgan fingerprint density at radius 3 is 1.59 bits per heavy atom. The minimum atomic E-state index is -0.453. The normalized spacial score (nSPS) is 12.6. The van der Waals surface area contributed by atoms with Crippen molar-refractivity contribution in [2.45, 2.75) is 134 Å². The molecule has 0 fully saturated rings. The fraction of sp³-hybridized carbons (Fsp3) is 0.759. The van der Waals surface area contributed by atoms with Gasteiger partial charge in [0.05, 0.1) is 6.61 Å². The van der Waals surface area contributed by atoms with E-state index in [0.29, 0.717) is 6.61 Å². The van der Waals surface area contributed by atoms with Crippen LogP contribution in [0.5, 0.6) is 0 Å². The van der Waals surface area contributed by atoms with E-state index in [0.717, 1.165) is 18.4 Å². The van der Waals surface area contributed by atoms with Gasteiger partial charge in [-0.05, 0) is 12.0 Å². The zero-order valence-corrected chi connectivity index (χ0v) is 22.1. The number of esters is 1. The summed E-state index contributed by atoms with van der Waals surface area (Å²) in [6.07, 6.45) is 21.5. The van der Waals surface area contributed by atoms with Gasteiger partial charge in [0.25, 0.3) is 0 Å². The first-order valence-electron chi connectivity index (χ1n) is 13.4. The molecule has 0 aliphatic rings. The van der Waals surface area contributed by atoms with Crippen LogP contribution in [0, 0.1) is 0 Å². The molecule has 0 radical (unpaired) electrons. The van der Waals surface area contributed by atoms with E-state index >= 15 is 0 Å². The fourth-order valence-electron chi connectivity index (χ4n) is 4.22. The maximum Gasteiger partial charge on any atom is 0.319 e. The Morgan fingerprint density at radius 2 is 1.16 bits per heavy atom. The second-order valence-corrected chi connectivity index (χ2v) is 10.5. The van der Waals surface area contributed by atoms with Crippen LogP contribution in [-0.4, -0.2) is 17.8 Å². The van der Waals surface area contributed by atoms with Crippen molar-refractivity contribution in [3.05, 3.63) is 35.9 Å². The topological polar surface area (TPSA) is 26.3 Å². The number of hydrogen-bond acceptors (Lipinski definition) is 3. The van der Waals surface area contributed by atoms with Gasteiger partial charge in [-0.2, -0.15) is 12.6 Å². The van der Waals surface area contributed by atoms with Gasteiger partial charge in [0.1, 0.15) is 5.25 Å². The standard InChI is InChI=1S/C29H50O2S/c1-4-5-6-7-8-9-10-11-12-13-14-15-16-17-18-22-25-31-28(30)27(32)29(2,3)26-23-20-19-21-24-26/h19-21,23-24,27,32H,4-18,22,25H2,1-3H3. The minimum Gasteiger partial charge on any atom is -0.465 e. The number of rotatable bonds is 20. The van der Waals surface area contributed by atoms with Crippen molar-refractivity contribution in [1.29, 1.82) is 0 Å². The maximum absolute atomic E-state index is 12.4. The van der Waals surface area contributed by atoms with Crippen LogP contribution in [0.4, 0.5) is 0 Å². The molecule has 3 heteroatoms. The quantitative estimate of drug-likeness (QED) is 0.119. The summed E-state index contributed by atoms with van der Waals surface area (Å²) in [5.41, 5.74) is 0.759. The van der Waals surface area contributed by atoms with Crippen molar-refractivity contribution in [3.8, 4) is 0 Å². The van der Waals surface area contributed by atoms with E-state index in [1.807, 2.05) is 30.3 Å². The first-order chi connectivity index (χ1) is 15.5. The Kier molecular flexibility index (Phi) is 16.8. The summed E-state index contributed by atoms with van der Waals surface area (Å²) in [7, 11) is 0. The SMILES string of the molecule is CCCCCCCCCCCCCCCCCCOC(=O)C(S)C(C)(C)c1ccccc1. The lowest BCUT2D eigenvalue weighted by Crippen LogP contribution is -2.37. The summed E-state index contributed by atoms with van der Waals surface area (Å²) in [5.74, 6) is -0.205. The molecule has 184 valence electrons. The van der Waals surface area contributed by atoms with Crippen molar-refractivity contribution in [2.75, 3.05) is 6.61 Å². The molecule has 0 heterocycles. The number of carbonyl (C=O) groups excluding carboxylic acids is 1. The smallest absolute Gasteiger partial charge is 0.319 e. The lowest BCUT2D eigenvalue weighted by atomic mass is 9.81. The van der Waals surface area contributed by atoms with E-state index in [4.69, 9.17) is 4.74 Å². The zero-order valence-electron chi connectivity index (χ0n) is 21.2. The van der Waals surface area contributed by atoms with E-state index in [2.05, 4.69) is 33.4 Å². The Labute approximate surface area is 204 Å². The summed E-state index contributed by atoms with van der Waals surface area (Å²) in [5, 5.41) is -0.453. The average molecular weight is 463 g/mol. The Morgan fingerprint density at radius 1 is 0.750 bits per heavy atom. The minimum absolute atomic E-state index is 0.205. The molecule has 0 bridgehead atoms.